The fourth-order valence-electron chi connectivity index (χ4n) is 11.5. The summed E-state index contributed by atoms with van der Waals surface area (Å²) in [7, 11) is 0. The van der Waals surface area contributed by atoms with E-state index in [-0.39, 0.29) is 28.4 Å². The molecule has 0 N–H and O–H groups in total. The third-order valence-corrected chi connectivity index (χ3v) is 14.9. The molecule has 0 amide bonds. The maximum Gasteiger partial charge on any atom is 0.252 e. The van der Waals surface area contributed by atoms with Gasteiger partial charge in [-0.3, -0.25) is 0 Å². The van der Waals surface area contributed by atoms with E-state index in [2.05, 4.69) is 208 Å². The summed E-state index contributed by atoms with van der Waals surface area (Å²) in [4.78, 5) is 0. The molecule has 0 unspecified atom stereocenters. The van der Waals surface area contributed by atoms with Gasteiger partial charge >= 0.3 is 0 Å². The molecule has 2 aliphatic heterocycles. The summed E-state index contributed by atoms with van der Waals surface area (Å²) in [5, 5.41) is 13.4. The molecule has 0 aliphatic carbocycles. The summed E-state index contributed by atoms with van der Waals surface area (Å²) < 4.78 is 5.41. The van der Waals surface area contributed by atoms with Gasteiger partial charge in [0, 0.05) is 43.7 Å². The van der Waals surface area contributed by atoms with Crippen LogP contribution >= 0.6 is 0 Å². The number of aromatic nitrogens is 2. The molecule has 2 aromatic heterocycles. The van der Waals surface area contributed by atoms with Crippen LogP contribution in [0.5, 0.6) is 0 Å². The molecule has 0 spiro atoms. The van der Waals surface area contributed by atoms with Crippen LogP contribution in [-0.2, 0) is 21.7 Å². The van der Waals surface area contributed by atoms with Crippen LogP contribution in [0.25, 0.3) is 87.3 Å². The van der Waals surface area contributed by atoms with Gasteiger partial charge in [0.05, 0.1) is 16.7 Å². The normalized spacial score (nSPS) is 14.2. The van der Waals surface area contributed by atoms with Crippen LogP contribution in [-0.4, -0.2) is 15.8 Å². The average molecular weight is 805 g/mol. The third kappa shape index (κ3) is 4.94. The highest BCUT2D eigenvalue weighted by Gasteiger charge is 2.43. The Morgan fingerprint density at radius 1 is 0.387 bits per heavy atom. The van der Waals surface area contributed by atoms with Crippen LogP contribution < -0.4 is 16.4 Å². The Hall–Kier alpha value is -5.80. The lowest BCUT2D eigenvalue weighted by atomic mass is 9.33. The van der Waals surface area contributed by atoms with Crippen LogP contribution in [0.3, 0.4) is 0 Å². The quantitative estimate of drug-likeness (QED) is 0.107. The maximum atomic E-state index is 2.73. The summed E-state index contributed by atoms with van der Waals surface area (Å²) in [5.41, 5.74) is 19.0. The predicted octanol–water partition coefficient (Wildman–Crippen LogP) is 14.0. The first-order valence-corrected chi connectivity index (χ1v) is 22.9. The Balaban J connectivity index is 1.41. The number of hydrogen-bond acceptors (Lipinski definition) is 0. The second-order valence-corrected chi connectivity index (χ2v) is 23.2. The molecule has 0 atom stereocenters. The van der Waals surface area contributed by atoms with Gasteiger partial charge in [0.15, 0.2) is 0 Å². The van der Waals surface area contributed by atoms with Gasteiger partial charge in [-0.05, 0) is 137 Å². The highest BCUT2D eigenvalue weighted by atomic mass is 15.0. The summed E-state index contributed by atoms with van der Waals surface area (Å²) in [6.45, 7) is 30.7. The van der Waals surface area contributed by atoms with Crippen molar-refractivity contribution >= 4 is 99.0 Å². The van der Waals surface area contributed by atoms with Crippen molar-refractivity contribution in [3.63, 3.8) is 0 Å². The zero-order valence-corrected chi connectivity index (χ0v) is 38.9. The number of benzene rings is 8. The van der Waals surface area contributed by atoms with Gasteiger partial charge in [-0.15, -0.1) is 0 Å². The van der Waals surface area contributed by atoms with E-state index in [1.807, 2.05) is 0 Å². The molecule has 62 heavy (non-hydrogen) atoms. The number of fused-ring (bicyclic) bond motifs is 17. The van der Waals surface area contributed by atoms with Crippen molar-refractivity contribution in [2.75, 3.05) is 0 Å². The standard InChI is InChI=1S/C59H57BN2/c1-32-18-21-39-37-16-14-15-17-38(37)43-31-50-52-55(51(43)42(39)24-32)62-49-23-20-34(57(5,6)7)26-41(49)45-28-36(59(11,12)13)30-47(54(45)62)60(52)46-29-35(58(8,9)10)27-44-40-25-33(56(2,3)4)19-22-48(40)61(50)53(44)46/h14-31H,1-13H3. The second-order valence-electron chi connectivity index (χ2n) is 23.2. The van der Waals surface area contributed by atoms with Crippen molar-refractivity contribution in [2.45, 2.75) is 112 Å². The molecule has 4 heterocycles. The Morgan fingerprint density at radius 3 is 1.37 bits per heavy atom. The summed E-state index contributed by atoms with van der Waals surface area (Å²) in [5.74, 6) is 0. The molecule has 12 rings (SSSR count). The lowest BCUT2D eigenvalue weighted by Gasteiger charge is -2.36. The molecular weight excluding hydrogens is 747 g/mol. The van der Waals surface area contributed by atoms with E-state index in [4.69, 9.17) is 0 Å². The van der Waals surface area contributed by atoms with Crippen molar-refractivity contribution in [1.82, 2.24) is 9.13 Å². The van der Waals surface area contributed by atoms with Crippen molar-refractivity contribution in [2.24, 2.45) is 0 Å². The van der Waals surface area contributed by atoms with Crippen molar-refractivity contribution in [1.29, 1.82) is 0 Å². The Morgan fingerprint density at radius 2 is 0.839 bits per heavy atom. The molecule has 8 aromatic carbocycles. The number of nitrogens with zero attached hydrogens (tertiary/aromatic N) is 2. The second kappa shape index (κ2) is 11.8. The minimum Gasteiger partial charge on any atom is -0.310 e. The van der Waals surface area contributed by atoms with Crippen LogP contribution in [0.15, 0.2) is 109 Å². The minimum absolute atomic E-state index is 0.0135. The number of rotatable bonds is 0. The summed E-state index contributed by atoms with van der Waals surface area (Å²) in [6, 6.07) is 43.9. The van der Waals surface area contributed by atoms with Gasteiger partial charge < -0.3 is 9.13 Å². The number of hydrogen-bond donors (Lipinski definition) is 0. The number of aryl methyl sites for hydroxylation is 1. The van der Waals surface area contributed by atoms with E-state index < -0.39 is 0 Å². The maximum absolute atomic E-state index is 2.73. The van der Waals surface area contributed by atoms with Crippen molar-refractivity contribution in [3.8, 4) is 11.4 Å². The van der Waals surface area contributed by atoms with Gasteiger partial charge in [0.25, 0.3) is 6.71 Å². The van der Waals surface area contributed by atoms with E-state index in [9.17, 15) is 0 Å². The van der Waals surface area contributed by atoms with E-state index >= 15 is 0 Å². The van der Waals surface area contributed by atoms with Gasteiger partial charge in [-0.25, -0.2) is 0 Å². The Kier molecular flexibility index (Phi) is 7.22. The zero-order valence-electron chi connectivity index (χ0n) is 38.9. The van der Waals surface area contributed by atoms with Crippen molar-refractivity contribution < 1.29 is 0 Å². The van der Waals surface area contributed by atoms with E-state index in [0.717, 1.165) is 0 Å². The molecule has 0 fully saturated rings. The molecular formula is C59H57BN2. The van der Waals surface area contributed by atoms with Gasteiger partial charge in [-0.2, -0.15) is 0 Å². The molecule has 0 radical (unpaired) electrons. The molecule has 3 heteroatoms. The molecule has 0 saturated carbocycles. The molecule has 0 bridgehead atoms. The highest BCUT2D eigenvalue weighted by Crippen LogP contribution is 2.47. The fraction of sp³-hybridized carbons (Fsp3) is 0.288. The van der Waals surface area contributed by atoms with Gasteiger partial charge in [0.1, 0.15) is 0 Å². The van der Waals surface area contributed by atoms with E-state index in [1.165, 1.54) is 132 Å². The largest absolute Gasteiger partial charge is 0.310 e. The lowest BCUT2D eigenvalue weighted by molar-refractivity contribution is 0.590. The first-order chi connectivity index (χ1) is 29.2. The smallest absolute Gasteiger partial charge is 0.252 e. The fourth-order valence-corrected chi connectivity index (χ4v) is 11.5. The summed E-state index contributed by atoms with van der Waals surface area (Å²) in [6.07, 6.45) is 0. The summed E-state index contributed by atoms with van der Waals surface area (Å²) >= 11 is 0. The van der Waals surface area contributed by atoms with Crippen LogP contribution in [0, 0.1) is 6.92 Å². The van der Waals surface area contributed by atoms with E-state index in [1.54, 1.807) is 0 Å². The molecule has 0 saturated heterocycles. The topological polar surface area (TPSA) is 9.86 Å². The Labute approximate surface area is 366 Å². The van der Waals surface area contributed by atoms with Crippen molar-refractivity contribution in [3.05, 3.63) is 137 Å². The zero-order chi connectivity index (χ0) is 43.3. The van der Waals surface area contributed by atoms with Gasteiger partial charge in [-0.1, -0.05) is 155 Å². The minimum atomic E-state index is -0.0462. The van der Waals surface area contributed by atoms with Crippen LogP contribution in [0.2, 0.25) is 0 Å². The van der Waals surface area contributed by atoms with Gasteiger partial charge in [0.2, 0.25) is 0 Å². The predicted molar refractivity (Wildman–Crippen MR) is 272 cm³/mol. The highest BCUT2D eigenvalue weighted by molar-refractivity contribution is 7.00. The lowest BCUT2D eigenvalue weighted by Crippen LogP contribution is -2.59. The SMILES string of the molecule is Cc1ccc2c3ccccc3c3cc4c5c(c3c2c1)-n1c2ccc(C(C)(C)C)cc2c2cc(C(C)(C)C)cc(c21)B5c1cc(C(C)(C)C)cc2c3cc(C(C)(C)C)ccc3n-4c12. The molecule has 10 aromatic rings. The third-order valence-electron chi connectivity index (χ3n) is 14.9. The van der Waals surface area contributed by atoms with Crippen LogP contribution in [0.4, 0.5) is 0 Å². The van der Waals surface area contributed by atoms with E-state index in [0.29, 0.717) is 0 Å². The molecule has 2 aliphatic rings. The Bertz CT molecular complexity index is 3670. The average Bonchev–Trinajstić information content (AvgIpc) is 3.72. The molecule has 2 nitrogen and oxygen atoms in total. The first-order valence-electron chi connectivity index (χ1n) is 22.9. The molecule has 306 valence electrons. The van der Waals surface area contributed by atoms with Crippen LogP contribution in [0.1, 0.15) is 111 Å². The monoisotopic (exact) mass is 804 g/mol. The first kappa shape index (κ1) is 37.9.